The highest BCUT2D eigenvalue weighted by molar-refractivity contribution is 7.83. The van der Waals surface area contributed by atoms with Gasteiger partial charge in [-0.2, -0.15) is 17.6 Å². The van der Waals surface area contributed by atoms with Crippen molar-refractivity contribution >= 4 is 17.2 Å². The van der Waals surface area contributed by atoms with E-state index in [0.717, 1.165) is 11.8 Å². The van der Waals surface area contributed by atoms with Crippen molar-refractivity contribution in [2.45, 2.75) is 31.3 Å². The van der Waals surface area contributed by atoms with Crippen LogP contribution in [0.2, 0.25) is 0 Å². The second kappa shape index (κ2) is 6.13. The number of rotatable bonds is 4. The Morgan fingerprint density at radius 1 is 1.33 bits per heavy atom. The van der Waals surface area contributed by atoms with Gasteiger partial charge in [0.25, 0.3) is 0 Å². The highest BCUT2D eigenvalue weighted by Gasteiger charge is 2.29. The van der Waals surface area contributed by atoms with Gasteiger partial charge in [0.1, 0.15) is 0 Å². The second-order valence-electron chi connectivity index (χ2n) is 4.11. The van der Waals surface area contributed by atoms with E-state index in [9.17, 15) is 17.4 Å². The van der Waals surface area contributed by atoms with Crippen LogP contribution in [0.25, 0.3) is 0 Å². The summed E-state index contributed by atoms with van der Waals surface area (Å²) in [6.45, 7) is 3.28. The van der Waals surface area contributed by atoms with E-state index in [1.54, 1.807) is 24.3 Å². The molecule has 0 spiro atoms. The van der Waals surface area contributed by atoms with Gasteiger partial charge in [-0.15, -0.1) is 0 Å². The molecule has 0 fully saturated rings. The Morgan fingerprint density at radius 2 is 1.89 bits per heavy atom. The molecule has 2 nitrogen and oxygen atoms in total. The Morgan fingerprint density at radius 3 is 2.39 bits per heavy atom. The Labute approximate surface area is 107 Å². The average Bonchev–Trinajstić information content (AvgIpc) is 2.24. The summed E-state index contributed by atoms with van der Waals surface area (Å²) in [5.41, 5.74) is 1.02. The minimum absolute atomic E-state index is 0.482. The zero-order valence-corrected chi connectivity index (χ0v) is 10.9. The molecule has 1 aromatic carbocycles. The molecule has 6 heteroatoms. The molecule has 0 N–H and O–H groups in total. The van der Waals surface area contributed by atoms with Gasteiger partial charge in [-0.05, 0) is 19.1 Å². The van der Waals surface area contributed by atoms with Crippen LogP contribution in [0.1, 0.15) is 18.9 Å². The van der Waals surface area contributed by atoms with Gasteiger partial charge in [0.15, 0.2) is 11.0 Å². The number of hydrogen-bond donors (Lipinski definition) is 0. The van der Waals surface area contributed by atoms with Crippen molar-refractivity contribution in [3.8, 4) is 0 Å². The van der Waals surface area contributed by atoms with Crippen LogP contribution in [0.5, 0.6) is 0 Å². The molecule has 0 heterocycles. The van der Waals surface area contributed by atoms with Gasteiger partial charge < -0.3 is 0 Å². The van der Waals surface area contributed by atoms with E-state index in [0.29, 0.717) is 4.90 Å². The highest BCUT2D eigenvalue weighted by Crippen LogP contribution is 2.23. The molecule has 0 saturated carbocycles. The van der Waals surface area contributed by atoms with Crippen LogP contribution >= 0.6 is 0 Å². The summed E-state index contributed by atoms with van der Waals surface area (Å²) in [5.74, 6) is -0.778. The fourth-order valence-electron chi connectivity index (χ4n) is 1.29. The molecule has 0 saturated heterocycles. The number of aryl methyl sites for hydroxylation is 1. The van der Waals surface area contributed by atoms with Gasteiger partial charge in [0, 0.05) is 12.1 Å². The molecular weight excluding hydrogens is 263 g/mol. The van der Waals surface area contributed by atoms with E-state index >= 15 is 0 Å². The molecule has 0 aliphatic rings. The van der Waals surface area contributed by atoms with E-state index in [2.05, 4.69) is 4.40 Å². The second-order valence-corrected chi connectivity index (χ2v) is 5.29. The zero-order chi connectivity index (χ0) is 13.8. The van der Waals surface area contributed by atoms with E-state index in [-0.39, 0.29) is 0 Å². The summed E-state index contributed by atoms with van der Waals surface area (Å²) in [6, 6.07) is 6.86. The SMILES string of the molecule is Cc1ccc([S@](=O)/N=C/[C@H](C)CC(F)(F)F)cc1. The zero-order valence-electron chi connectivity index (χ0n) is 10.1. The van der Waals surface area contributed by atoms with Gasteiger partial charge in [0.2, 0.25) is 0 Å². The molecule has 0 unspecified atom stereocenters. The van der Waals surface area contributed by atoms with Gasteiger partial charge in [-0.25, -0.2) is 4.21 Å². The van der Waals surface area contributed by atoms with Crippen molar-refractivity contribution in [3.05, 3.63) is 29.8 Å². The molecular formula is C12H14F3NOS. The molecule has 1 rings (SSSR count). The molecule has 100 valence electrons. The minimum Gasteiger partial charge on any atom is -0.230 e. The Bertz CT molecular complexity index is 440. The molecule has 1 aromatic rings. The van der Waals surface area contributed by atoms with Gasteiger partial charge in [0.05, 0.1) is 11.3 Å². The monoisotopic (exact) mass is 277 g/mol. The summed E-state index contributed by atoms with van der Waals surface area (Å²) in [5, 5.41) is 0. The average molecular weight is 277 g/mol. The van der Waals surface area contributed by atoms with Crippen LogP contribution in [-0.4, -0.2) is 16.6 Å². The predicted octanol–water partition coefficient (Wildman–Crippen LogP) is 3.68. The van der Waals surface area contributed by atoms with E-state index in [4.69, 9.17) is 0 Å². The standard InChI is InChI=1S/C12H14F3NOS/c1-9-3-5-11(6-4-9)18(17)16-8-10(2)7-12(13,14)15/h3-6,8,10H,7H2,1-2H3/b16-8+/t10-,18+/m1/s1. The first-order valence-corrected chi connectivity index (χ1v) is 6.48. The largest absolute Gasteiger partial charge is 0.389 e. The first-order valence-electron chi connectivity index (χ1n) is 5.37. The number of alkyl halides is 3. The van der Waals surface area contributed by atoms with Crippen LogP contribution in [0.15, 0.2) is 33.6 Å². The maximum absolute atomic E-state index is 12.1. The normalized spacial score (nSPS) is 15.8. The lowest BCUT2D eigenvalue weighted by Crippen LogP contribution is -2.13. The Kier molecular flexibility index (Phi) is 5.07. The molecule has 0 aliphatic carbocycles. The third-order valence-corrected chi connectivity index (χ3v) is 3.18. The van der Waals surface area contributed by atoms with Crippen molar-refractivity contribution in [2.24, 2.45) is 10.3 Å². The third kappa shape index (κ3) is 5.44. The Balaban J connectivity index is 2.62. The number of nitrogens with zero attached hydrogens (tertiary/aromatic N) is 1. The summed E-state index contributed by atoms with van der Waals surface area (Å²) >= 11 is 0. The third-order valence-electron chi connectivity index (χ3n) is 2.19. The number of benzene rings is 1. The number of halogens is 3. The predicted molar refractivity (Wildman–Crippen MR) is 65.9 cm³/mol. The summed E-state index contributed by atoms with van der Waals surface area (Å²) < 4.78 is 51.5. The van der Waals surface area contributed by atoms with Crippen LogP contribution in [0.4, 0.5) is 13.2 Å². The topological polar surface area (TPSA) is 29.4 Å². The number of hydrogen-bond acceptors (Lipinski definition) is 1. The van der Waals surface area contributed by atoms with Crippen LogP contribution in [-0.2, 0) is 11.0 Å². The molecule has 0 bridgehead atoms. The highest BCUT2D eigenvalue weighted by atomic mass is 32.2. The quantitative estimate of drug-likeness (QED) is 0.772. The van der Waals surface area contributed by atoms with Crippen LogP contribution in [0.3, 0.4) is 0 Å². The van der Waals surface area contributed by atoms with Crippen LogP contribution in [0, 0.1) is 12.8 Å². The molecule has 0 aromatic heterocycles. The van der Waals surface area contributed by atoms with E-state index in [1.165, 1.54) is 6.92 Å². The molecule has 2 atom stereocenters. The Hall–Kier alpha value is -1.17. The fraction of sp³-hybridized carbons (Fsp3) is 0.417. The van der Waals surface area contributed by atoms with E-state index < -0.39 is 29.5 Å². The van der Waals surface area contributed by atoms with Crippen molar-refractivity contribution in [2.75, 3.05) is 0 Å². The smallest absolute Gasteiger partial charge is 0.230 e. The molecule has 18 heavy (non-hydrogen) atoms. The van der Waals surface area contributed by atoms with Gasteiger partial charge in [-0.1, -0.05) is 24.6 Å². The molecule has 0 radical (unpaired) electrons. The first kappa shape index (κ1) is 14.9. The summed E-state index contributed by atoms with van der Waals surface area (Å²) in [4.78, 5) is 0.482. The lowest BCUT2D eigenvalue weighted by Gasteiger charge is -2.08. The van der Waals surface area contributed by atoms with Gasteiger partial charge in [-0.3, -0.25) is 0 Å². The van der Waals surface area contributed by atoms with Crippen molar-refractivity contribution in [1.82, 2.24) is 0 Å². The summed E-state index contributed by atoms with van der Waals surface area (Å²) in [7, 11) is -1.64. The van der Waals surface area contributed by atoms with Gasteiger partial charge >= 0.3 is 6.18 Å². The molecule has 0 amide bonds. The minimum atomic E-state index is -4.23. The lowest BCUT2D eigenvalue weighted by atomic mass is 10.1. The van der Waals surface area contributed by atoms with Crippen molar-refractivity contribution < 1.29 is 17.4 Å². The first-order chi connectivity index (χ1) is 8.28. The van der Waals surface area contributed by atoms with E-state index in [1.807, 2.05) is 6.92 Å². The van der Waals surface area contributed by atoms with Crippen LogP contribution < -0.4 is 0 Å². The lowest BCUT2D eigenvalue weighted by molar-refractivity contribution is -0.138. The summed E-state index contributed by atoms with van der Waals surface area (Å²) in [6.07, 6.45) is -4.08. The maximum Gasteiger partial charge on any atom is 0.389 e. The van der Waals surface area contributed by atoms with Crippen molar-refractivity contribution in [3.63, 3.8) is 0 Å². The molecule has 0 aliphatic heterocycles. The fourth-order valence-corrected chi connectivity index (χ4v) is 2.10. The maximum atomic E-state index is 12.1. The van der Waals surface area contributed by atoms with Crippen molar-refractivity contribution in [1.29, 1.82) is 0 Å².